The molecule has 0 bridgehead atoms. The van der Waals surface area contributed by atoms with Gasteiger partial charge in [-0.2, -0.15) is 13.2 Å². The van der Waals surface area contributed by atoms with Gasteiger partial charge in [-0.1, -0.05) is 23.7 Å². The summed E-state index contributed by atoms with van der Waals surface area (Å²) in [7, 11) is -4.06. The molecule has 0 aromatic heterocycles. The molecule has 0 amide bonds. The fraction of sp³-hybridized carbons (Fsp3) is 0.125. The van der Waals surface area contributed by atoms with Crippen LogP contribution in [0.4, 0.5) is 18.9 Å². The molecule has 24 heavy (non-hydrogen) atoms. The third kappa shape index (κ3) is 3.91. The van der Waals surface area contributed by atoms with Crippen molar-refractivity contribution in [3.8, 4) is 0 Å². The van der Waals surface area contributed by atoms with Crippen molar-refractivity contribution in [1.29, 1.82) is 0 Å². The standard InChI is InChI=1S/C16H13ClF3NO2S/c1-2-10-21(14-5-3-4-12(11-14)16(18,19)20)24(22,23)15-8-6-13(17)7-9-15/h2-9,11H,1,10H2. The summed E-state index contributed by atoms with van der Waals surface area (Å²) in [5.74, 6) is 0. The molecule has 0 N–H and O–H groups in total. The first-order valence-corrected chi connectivity index (χ1v) is 8.54. The summed E-state index contributed by atoms with van der Waals surface area (Å²) in [5.41, 5.74) is -1.03. The van der Waals surface area contributed by atoms with Gasteiger partial charge in [0.2, 0.25) is 0 Å². The van der Waals surface area contributed by atoms with Gasteiger partial charge >= 0.3 is 6.18 Å². The number of nitrogens with zero attached hydrogens (tertiary/aromatic N) is 1. The average Bonchev–Trinajstić information content (AvgIpc) is 2.52. The average molecular weight is 376 g/mol. The Morgan fingerprint density at radius 3 is 2.29 bits per heavy atom. The van der Waals surface area contributed by atoms with Crippen LogP contribution in [0.3, 0.4) is 0 Å². The number of halogens is 4. The van der Waals surface area contributed by atoms with E-state index in [0.717, 1.165) is 22.5 Å². The summed E-state index contributed by atoms with van der Waals surface area (Å²) in [6, 6.07) is 9.50. The molecule has 0 fully saturated rings. The van der Waals surface area contributed by atoms with Gasteiger partial charge < -0.3 is 0 Å². The molecule has 2 rings (SSSR count). The zero-order chi connectivity index (χ0) is 18.0. The number of hydrogen-bond donors (Lipinski definition) is 0. The molecule has 0 unspecified atom stereocenters. The van der Waals surface area contributed by atoms with Crippen LogP contribution in [0, 0.1) is 0 Å². The van der Waals surface area contributed by atoms with Gasteiger partial charge in [-0.3, -0.25) is 4.31 Å². The molecule has 3 nitrogen and oxygen atoms in total. The molecule has 8 heteroatoms. The maximum Gasteiger partial charge on any atom is 0.416 e. The normalized spacial score (nSPS) is 12.0. The minimum atomic E-state index is -4.57. The molecule has 0 aliphatic heterocycles. The molecule has 0 saturated heterocycles. The lowest BCUT2D eigenvalue weighted by molar-refractivity contribution is -0.137. The van der Waals surface area contributed by atoms with Crippen LogP contribution < -0.4 is 4.31 Å². The molecule has 0 radical (unpaired) electrons. The Morgan fingerprint density at radius 2 is 1.75 bits per heavy atom. The molecule has 0 atom stereocenters. The van der Waals surface area contributed by atoms with Gasteiger partial charge in [0.15, 0.2) is 0 Å². The number of sulfonamides is 1. The van der Waals surface area contributed by atoms with Crippen LogP contribution in [0.15, 0.2) is 66.1 Å². The Bertz CT molecular complexity index is 833. The van der Waals surface area contributed by atoms with E-state index in [1.54, 1.807) is 0 Å². The molecule has 2 aromatic rings. The van der Waals surface area contributed by atoms with Crippen LogP contribution >= 0.6 is 11.6 Å². The van der Waals surface area contributed by atoms with Gasteiger partial charge in [-0.15, -0.1) is 6.58 Å². The van der Waals surface area contributed by atoms with Gasteiger partial charge in [-0.25, -0.2) is 8.42 Å². The number of anilines is 1. The van der Waals surface area contributed by atoms with Crippen molar-refractivity contribution in [1.82, 2.24) is 0 Å². The van der Waals surface area contributed by atoms with Crippen LogP contribution in [0.5, 0.6) is 0 Å². The van der Waals surface area contributed by atoms with Gasteiger partial charge in [0, 0.05) is 5.02 Å². The minimum absolute atomic E-state index is 0.0776. The number of benzene rings is 2. The van der Waals surface area contributed by atoms with Gasteiger partial charge in [-0.05, 0) is 42.5 Å². The van der Waals surface area contributed by atoms with E-state index in [1.807, 2.05) is 0 Å². The number of hydrogen-bond acceptors (Lipinski definition) is 2. The first-order chi connectivity index (χ1) is 11.2. The summed E-state index contributed by atoms with van der Waals surface area (Å²) in [6.07, 6.45) is -3.27. The third-order valence-electron chi connectivity index (χ3n) is 3.16. The second-order valence-corrected chi connectivity index (χ2v) is 7.13. The molecule has 2 aromatic carbocycles. The highest BCUT2D eigenvalue weighted by Crippen LogP contribution is 2.33. The topological polar surface area (TPSA) is 37.4 Å². The van der Waals surface area contributed by atoms with Crippen molar-refractivity contribution in [3.63, 3.8) is 0 Å². The fourth-order valence-electron chi connectivity index (χ4n) is 2.03. The Morgan fingerprint density at radius 1 is 1.12 bits per heavy atom. The second kappa shape index (κ2) is 6.86. The lowest BCUT2D eigenvalue weighted by Crippen LogP contribution is -2.31. The van der Waals surface area contributed by atoms with Crippen molar-refractivity contribution in [2.75, 3.05) is 10.8 Å². The van der Waals surface area contributed by atoms with Crippen LogP contribution in [-0.2, 0) is 16.2 Å². The minimum Gasteiger partial charge on any atom is -0.263 e. The zero-order valence-electron chi connectivity index (χ0n) is 12.3. The molecule has 0 heterocycles. The van der Waals surface area contributed by atoms with E-state index in [-0.39, 0.29) is 17.1 Å². The summed E-state index contributed by atoms with van der Waals surface area (Å²) in [6.45, 7) is 3.29. The summed E-state index contributed by atoms with van der Waals surface area (Å²) >= 11 is 5.74. The van der Waals surface area contributed by atoms with Gasteiger partial charge in [0.05, 0.1) is 22.7 Å². The molecule has 0 spiro atoms. The fourth-order valence-corrected chi connectivity index (χ4v) is 3.58. The van der Waals surface area contributed by atoms with E-state index in [2.05, 4.69) is 6.58 Å². The smallest absolute Gasteiger partial charge is 0.263 e. The van der Waals surface area contributed by atoms with Crippen molar-refractivity contribution >= 4 is 27.3 Å². The Kier molecular flexibility index (Phi) is 5.25. The van der Waals surface area contributed by atoms with E-state index < -0.39 is 21.8 Å². The lowest BCUT2D eigenvalue weighted by atomic mass is 10.2. The predicted octanol–water partition coefficient (Wildman–Crippen LogP) is 4.74. The molecule has 0 aliphatic rings. The third-order valence-corrected chi connectivity index (χ3v) is 5.22. The maximum absolute atomic E-state index is 12.9. The van der Waals surface area contributed by atoms with Gasteiger partial charge in [0.25, 0.3) is 10.0 Å². The Labute approximate surface area is 143 Å². The summed E-state index contributed by atoms with van der Waals surface area (Å²) in [4.78, 5) is -0.0776. The predicted molar refractivity (Wildman–Crippen MR) is 87.6 cm³/mol. The summed E-state index contributed by atoms with van der Waals surface area (Å²) in [5, 5.41) is 0.350. The molecular formula is C16H13ClF3NO2S. The number of rotatable bonds is 5. The second-order valence-electron chi connectivity index (χ2n) is 4.83. The Hall–Kier alpha value is -1.99. The van der Waals surface area contributed by atoms with Crippen LogP contribution in [0.25, 0.3) is 0 Å². The van der Waals surface area contributed by atoms with E-state index in [1.165, 1.54) is 36.4 Å². The molecule has 0 saturated carbocycles. The van der Waals surface area contributed by atoms with Crippen molar-refractivity contribution in [2.24, 2.45) is 0 Å². The largest absolute Gasteiger partial charge is 0.416 e. The van der Waals surface area contributed by atoms with E-state index in [0.29, 0.717) is 5.02 Å². The first-order valence-electron chi connectivity index (χ1n) is 6.73. The van der Waals surface area contributed by atoms with E-state index in [4.69, 9.17) is 11.6 Å². The van der Waals surface area contributed by atoms with Crippen LogP contribution in [0.2, 0.25) is 5.02 Å². The molecule has 0 aliphatic carbocycles. The van der Waals surface area contributed by atoms with Crippen LogP contribution in [0.1, 0.15) is 5.56 Å². The Balaban J connectivity index is 2.53. The van der Waals surface area contributed by atoms with E-state index >= 15 is 0 Å². The summed E-state index contributed by atoms with van der Waals surface area (Å²) < 4.78 is 65.0. The molecule has 128 valence electrons. The van der Waals surface area contributed by atoms with Crippen molar-refractivity contribution in [2.45, 2.75) is 11.1 Å². The highest BCUT2D eigenvalue weighted by Gasteiger charge is 2.32. The maximum atomic E-state index is 12.9. The van der Waals surface area contributed by atoms with Crippen LogP contribution in [-0.4, -0.2) is 15.0 Å². The lowest BCUT2D eigenvalue weighted by Gasteiger charge is -2.24. The number of alkyl halides is 3. The molecular weight excluding hydrogens is 363 g/mol. The van der Waals surface area contributed by atoms with Gasteiger partial charge in [0.1, 0.15) is 0 Å². The quantitative estimate of drug-likeness (QED) is 0.708. The highest BCUT2D eigenvalue weighted by molar-refractivity contribution is 7.92. The highest BCUT2D eigenvalue weighted by atomic mass is 35.5. The SMILES string of the molecule is C=CCN(c1cccc(C(F)(F)F)c1)S(=O)(=O)c1ccc(Cl)cc1. The van der Waals surface area contributed by atoms with Crippen molar-refractivity contribution < 1.29 is 21.6 Å². The zero-order valence-corrected chi connectivity index (χ0v) is 13.9. The van der Waals surface area contributed by atoms with Crippen molar-refractivity contribution in [3.05, 3.63) is 71.8 Å². The van der Waals surface area contributed by atoms with E-state index in [9.17, 15) is 21.6 Å². The first kappa shape index (κ1) is 18.4. The monoisotopic (exact) mass is 375 g/mol.